The molecule has 3 N–H and O–H groups in total. The number of carboxylic acid groups (broad SMARTS) is 1. The molecule has 0 saturated carbocycles. The van der Waals surface area contributed by atoms with Gasteiger partial charge in [0.25, 0.3) is 0 Å². The number of hydrogen-bond acceptors (Lipinski definition) is 2. The standard InChI is InChI=1S/C15H13ClN2O2S/c16-12-2-1-3-13(8-12)18-15(21)17-9-10-4-6-11(7-5-10)14(19)20/h1-8H,9H2,(H,19,20)(H2,17,18,21). The minimum atomic E-state index is -0.937. The molecule has 0 radical (unpaired) electrons. The summed E-state index contributed by atoms with van der Waals surface area (Å²) in [5.74, 6) is -0.937. The van der Waals surface area contributed by atoms with Crippen molar-refractivity contribution in [1.82, 2.24) is 5.32 Å². The summed E-state index contributed by atoms with van der Waals surface area (Å²) in [6.07, 6.45) is 0. The van der Waals surface area contributed by atoms with Gasteiger partial charge in [0, 0.05) is 17.3 Å². The van der Waals surface area contributed by atoms with Gasteiger partial charge in [0.05, 0.1) is 5.56 Å². The van der Waals surface area contributed by atoms with Crippen molar-refractivity contribution in [2.45, 2.75) is 6.54 Å². The molecule has 0 fully saturated rings. The van der Waals surface area contributed by atoms with Crippen molar-refractivity contribution in [3.8, 4) is 0 Å². The van der Waals surface area contributed by atoms with Gasteiger partial charge in [-0.15, -0.1) is 0 Å². The Kier molecular flexibility index (Phi) is 5.14. The molecule has 2 aromatic rings. The molecule has 0 aliphatic carbocycles. The zero-order chi connectivity index (χ0) is 15.2. The van der Waals surface area contributed by atoms with Crippen molar-refractivity contribution in [2.75, 3.05) is 5.32 Å². The number of carboxylic acids is 1. The minimum absolute atomic E-state index is 0.262. The SMILES string of the molecule is O=C(O)c1ccc(CNC(=S)Nc2cccc(Cl)c2)cc1. The number of nitrogens with one attached hydrogen (secondary N) is 2. The van der Waals surface area contributed by atoms with E-state index in [0.717, 1.165) is 11.3 Å². The van der Waals surface area contributed by atoms with Crippen molar-refractivity contribution >= 4 is 40.6 Å². The maximum Gasteiger partial charge on any atom is 0.335 e. The Labute approximate surface area is 132 Å². The van der Waals surface area contributed by atoms with E-state index in [9.17, 15) is 4.79 Å². The van der Waals surface area contributed by atoms with Gasteiger partial charge >= 0.3 is 5.97 Å². The van der Waals surface area contributed by atoms with E-state index < -0.39 is 5.97 Å². The number of hydrogen-bond donors (Lipinski definition) is 3. The Hall–Kier alpha value is -2.11. The molecular formula is C15H13ClN2O2S. The lowest BCUT2D eigenvalue weighted by atomic mass is 10.1. The molecule has 0 aliphatic heterocycles. The van der Waals surface area contributed by atoms with Gasteiger partial charge in [-0.2, -0.15) is 0 Å². The molecule has 0 saturated heterocycles. The first-order chi connectivity index (χ1) is 10.0. The third-order valence-corrected chi connectivity index (χ3v) is 3.22. The number of benzene rings is 2. The Bertz CT molecular complexity index is 659. The van der Waals surface area contributed by atoms with E-state index in [2.05, 4.69) is 10.6 Å². The van der Waals surface area contributed by atoms with Gasteiger partial charge in [-0.1, -0.05) is 29.8 Å². The summed E-state index contributed by atoms with van der Waals surface area (Å²) in [7, 11) is 0. The Morgan fingerprint density at radius 3 is 2.52 bits per heavy atom. The zero-order valence-electron chi connectivity index (χ0n) is 11.0. The van der Waals surface area contributed by atoms with Crippen LogP contribution in [0.1, 0.15) is 15.9 Å². The molecule has 0 unspecified atom stereocenters. The average molecular weight is 321 g/mol. The van der Waals surface area contributed by atoms with Gasteiger partial charge in [-0.25, -0.2) is 4.79 Å². The lowest BCUT2D eigenvalue weighted by Gasteiger charge is -2.11. The smallest absolute Gasteiger partial charge is 0.335 e. The van der Waals surface area contributed by atoms with Crippen LogP contribution >= 0.6 is 23.8 Å². The second-order valence-corrected chi connectivity index (χ2v) is 5.16. The van der Waals surface area contributed by atoms with Crippen LogP contribution < -0.4 is 10.6 Å². The molecule has 2 rings (SSSR count). The largest absolute Gasteiger partial charge is 0.478 e. The van der Waals surface area contributed by atoms with Crippen LogP contribution in [0.25, 0.3) is 0 Å². The topological polar surface area (TPSA) is 61.4 Å². The summed E-state index contributed by atoms with van der Waals surface area (Å²) >= 11 is 11.1. The quantitative estimate of drug-likeness (QED) is 0.752. The van der Waals surface area contributed by atoms with Crippen LogP contribution in [0.4, 0.5) is 5.69 Å². The first kappa shape index (κ1) is 15.3. The molecule has 2 aromatic carbocycles. The van der Waals surface area contributed by atoms with Crippen molar-refractivity contribution in [2.24, 2.45) is 0 Å². The van der Waals surface area contributed by atoms with Gasteiger partial charge in [0.2, 0.25) is 0 Å². The van der Waals surface area contributed by atoms with Crippen LogP contribution in [0, 0.1) is 0 Å². The minimum Gasteiger partial charge on any atom is -0.478 e. The average Bonchev–Trinajstić information content (AvgIpc) is 2.45. The molecule has 4 nitrogen and oxygen atoms in total. The maximum absolute atomic E-state index is 10.8. The molecule has 0 spiro atoms. The highest BCUT2D eigenvalue weighted by molar-refractivity contribution is 7.80. The Balaban J connectivity index is 1.87. The first-order valence-electron chi connectivity index (χ1n) is 6.17. The molecule has 0 heterocycles. The third-order valence-electron chi connectivity index (χ3n) is 2.74. The van der Waals surface area contributed by atoms with E-state index in [1.54, 1.807) is 36.4 Å². The van der Waals surface area contributed by atoms with Gasteiger partial charge in [0.15, 0.2) is 5.11 Å². The number of aromatic carboxylic acids is 1. The highest BCUT2D eigenvalue weighted by Crippen LogP contribution is 2.14. The third kappa shape index (κ3) is 4.73. The fourth-order valence-corrected chi connectivity index (χ4v) is 2.07. The number of thiocarbonyl (C=S) groups is 1. The number of carbonyl (C=O) groups is 1. The van der Waals surface area contributed by atoms with E-state index in [-0.39, 0.29) is 5.56 Å². The summed E-state index contributed by atoms with van der Waals surface area (Å²) in [4.78, 5) is 10.8. The molecule has 21 heavy (non-hydrogen) atoms. The van der Waals surface area contributed by atoms with E-state index in [4.69, 9.17) is 28.9 Å². The maximum atomic E-state index is 10.8. The predicted molar refractivity (Wildman–Crippen MR) is 87.9 cm³/mol. The van der Waals surface area contributed by atoms with Gasteiger partial charge < -0.3 is 15.7 Å². The fourth-order valence-electron chi connectivity index (χ4n) is 1.69. The summed E-state index contributed by atoms with van der Waals surface area (Å²) in [6.45, 7) is 0.506. The summed E-state index contributed by atoms with van der Waals surface area (Å²) in [5.41, 5.74) is 2.01. The molecule has 108 valence electrons. The van der Waals surface area contributed by atoms with E-state index in [1.807, 2.05) is 12.1 Å². The van der Waals surface area contributed by atoms with Gasteiger partial charge in [-0.05, 0) is 48.1 Å². The number of halogens is 1. The van der Waals surface area contributed by atoms with Crippen molar-refractivity contribution in [3.05, 3.63) is 64.7 Å². The zero-order valence-corrected chi connectivity index (χ0v) is 12.5. The second-order valence-electron chi connectivity index (χ2n) is 4.32. The fraction of sp³-hybridized carbons (Fsp3) is 0.0667. The predicted octanol–water partition coefficient (Wildman–Crippen LogP) is 3.52. The molecule has 6 heteroatoms. The van der Waals surface area contributed by atoms with Crippen molar-refractivity contribution in [3.63, 3.8) is 0 Å². The van der Waals surface area contributed by atoms with Crippen LogP contribution in [-0.2, 0) is 6.54 Å². The monoisotopic (exact) mass is 320 g/mol. The second kappa shape index (κ2) is 7.06. The summed E-state index contributed by atoms with van der Waals surface area (Å²) < 4.78 is 0. The van der Waals surface area contributed by atoms with Crippen LogP contribution in [-0.4, -0.2) is 16.2 Å². The molecule has 0 bridgehead atoms. The van der Waals surface area contributed by atoms with E-state index >= 15 is 0 Å². The highest BCUT2D eigenvalue weighted by atomic mass is 35.5. The van der Waals surface area contributed by atoms with E-state index in [1.165, 1.54) is 0 Å². The van der Waals surface area contributed by atoms with Crippen LogP contribution in [0.5, 0.6) is 0 Å². The number of rotatable bonds is 4. The molecule has 0 aliphatic rings. The normalized spacial score (nSPS) is 9.95. The molecule has 0 amide bonds. The Morgan fingerprint density at radius 2 is 1.90 bits per heavy atom. The van der Waals surface area contributed by atoms with Crippen molar-refractivity contribution < 1.29 is 9.90 Å². The van der Waals surface area contributed by atoms with Crippen LogP contribution in [0.2, 0.25) is 5.02 Å². The molecular weight excluding hydrogens is 308 g/mol. The first-order valence-corrected chi connectivity index (χ1v) is 6.96. The highest BCUT2D eigenvalue weighted by Gasteiger charge is 2.02. The summed E-state index contributed by atoms with van der Waals surface area (Å²) in [6, 6.07) is 13.9. The molecule has 0 aromatic heterocycles. The van der Waals surface area contributed by atoms with Crippen molar-refractivity contribution in [1.29, 1.82) is 0 Å². The lowest BCUT2D eigenvalue weighted by molar-refractivity contribution is 0.0697. The van der Waals surface area contributed by atoms with Crippen LogP contribution in [0.15, 0.2) is 48.5 Å². The summed E-state index contributed by atoms with van der Waals surface area (Å²) in [5, 5.41) is 16.0. The van der Waals surface area contributed by atoms with Crippen LogP contribution in [0.3, 0.4) is 0 Å². The lowest BCUT2D eigenvalue weighted by Crippen LogP contribution is -2.27. The van der Waals surface area contributed by atoms with Gasteiger partial charge in [0.1, 0.15) is 0 Å². The van der Waals surface area contributed by atoms with Gasteiger partial charge in [-0.3, -0.25) is 0 Å². The number of anilines is 1. The molecule has 0 atom stereocenters. The Morgan fingerprint density at radius 1 is 1.19 bits per heavy atom. The van der Waals surface area contributed by atoms with E-state index in [0.29, 0.717) is 16.7 Å².